The minimum Gasteiger partial charge on any atom is -0.497 e. The predicted octanol–water partition coefficient (Wildman–Crippen LogP) is 2.05. The minimum absolute atomic E-state index is 0.173. The van der Waals surface area contributed by atoms with Gasteiger partial charge in [-0.1, -0.05) is 12.1 Å². The van der Waals surface area contributed by atoms with Gasteiger partial charge in [-0.25, -0.2) is 0 Å². The monoisotopic (exact) mass is 249 g/mol. The van der Waals surface area contributed by atoms with Gasteiger partial charge in [0, 0.05) is 6.04 Å². The number of esters is 1. The molecule has 4 heteroatoms. The number of methoxy groups -OCH3 is 2. The minimum atomic E-state index is -0.184. The van der Waals surface area contributed by atoms with Crippen LogP contribution < -0.4 is 10.1 Å². The Hall–Kier alpha value is -1.55. The van der Waals surface area contributed by atoms with Gasteiger partial charge in [-0.15, -0.1) is 0 Å². The molecule has 0 aliphatic carbocycles. The van der Waals surface area contributed by atoms with Crippen LogP contribution in [0.5, 0.6) is 5.75 Å². The molecule has 18 heavy (non-hydrogen) atoms. The van der Waals surface area contributed by atoms with Crippen molar-refractivity contribution in [3.05, 3.63) is 29.8 Å². The molecule has 1 aliphatic heterocycles. The highest BCUT2D eigenvalue weighted by Gasteiger charge is 2.27. The van der Waals surface area contributed by atoms with Gasteiger partial charge in [0.1, 0.15) is 11.8 Å². The molecule has 2 atom stereocenters. The van der Waals surface area contributed by atoms with Gasteiger partial charge in [-0.05, 0) is 37.0 Å². The van der Waals surface area contributed by atoms with Crippen LogP contribution in [-0.2, 0) is 9.53 Å². The molecule has 98 valence electrons. The van der Waals surface area contributed by atoms with Crippen molar-refractivity contribution in [2.24, 2.45) is 0 Å². The third kappa shape index (κ3) is 2.82. The normalized spacial score (nSPS) is 23.4. The lowest BCUT2D eigenvalue weighted by atomic mass is 9.93. The van der Waals surface area contributed by atoms with Crippen LogP contribution in [0.15, 0.2) is 24.3 Å². The molecule has 0 bridgehead atoms. The van der Waals surface area contributed by atoms with E-state index in [9.17, 15) is 4.79 Å². The van der Waals surface area contributed by atoms with E-state index >= 15 is 0 Å². The van der Waals surface area contributed by atoms with E-state index in [1.165, 1.54) is 12.7 Å². The molecule has 1 aliphatic rings. The second kappa shape index (κ2) is 5.87. The molecule has 1 saturated heterocycles. The first kappa shape index (κ1) is 12.9. The zero-order valence-electron chi connectivity index (χ0n) is 10.8. The first-order valence-corrected chi connectivity index (χ1v) is 6.22. The first-order chi connectivity index (χ1) is 8.74. The van der Waals surface area contributed by atoms with Crippen molar-refractivity contribution in [3.63, 3.8) is 0 Å². The van der Waals surface area contributed by atoms with Gasteiger partial charge in [-0.2, -0.15) is 0 Å². The number of hydrogen-bond donors (Lipinski definition) is 1. The lowest BCUT2D eigenvalue weighted by Gasteiger charge is -2.29. The van der Waals surface area contributed by atoms with Crippen LogP contribution in [-0.4, -0.2) is 26.2 Å². The van der Waals surface area contributed by atoms with Gasteiger partial charge in [0.15, 0.2) is 0 Å². The molecule has 2 rings (SSSR count). The van der Waals surface area contributed by atoms with E-state index in [4.69, 9.17) is 9.47 Å². The Bertz CT molecular complexity index is 402. The molecule has 1 heterocycles. The van der Waals surface area contributed by atoms with Crippen LogP contribution in [0.4, 0.5) is 0 Å². The molecule has 0 unspecified atom stereocenters. The summed E-state index contributed by atoms with van der Waals surface area (Å²) in [7, 11) is 3.09. The quantitative estimate of drug-likeness (QED) is 0.833. The van der Waals surface area contributed by atoms with Crippen molar-refractivity contribution in [1.82, 2.24) is 5.32 Å². The van der Waals surface area contributed by atoms with Crippen LogP contribution in [0.3, 0.4) is 0 Å². The molecule has 0 saturated carbocycles. The number of rotatable bonds is 3. The van der Waals surface area contributed by atoms with Crippen molar-refractivity contribution >= 4 is 5.97 Å². The van der Waals surface area contributed by atoms with E-state index in [0.717, 1.165) is 25.0 Å². The van der Waals surface area contributed by atoms with Crippen molar-refractivity contribution in [2.75, 3.05) is 14.2 Å². The molecule has 1 aromatic carbocycles. The Kier molecular flexibility index (Phi) is 4.20. The largest absolute Gasteiger partial charge is 0.497 e. The summed E-state index contributed by atoms with van der Waals surface area (Å²) in [6, 6.07) is 7.99. The van der Waals surface area contributed by atoms with Crippen LogP contribution in [0.2, 0.25) is 0 Å². The summed E-state index contributed by atoms with van der Waals surface area (Å²) in [5, 5.41) is 3.34. The Morgan fingerprint density at radius 2 is 1.94 bits per heavy atom. The lowest BCUT2D eigenvalue weighted by molar-refractivity contribution is -0.144. The average Bonchev–Trinajstić information content (AvgIpc) is 2.46. The van der Waals surface area contributed by atoms with Crippen molar-refractivity contribution < 1.29 is 14.3 Å². The fourth-order valence-corrected chi connectivity index (χ4v) is 2.36. The fraction of sp³-hybridized carbons (Fsp3) is 0.500. The summed E-state index contributed by atoms with van der Waals surface area (Å²) in [6.45, 7) is 0. The van der Waals surface area contributed by atoms with E-state index in [1.54, 1.807) is 7.11 Å². The summed E-state index contributed by atoms with van der Waals surface area (Å²) in [4.78, 5) is 11.5. The van der Waals surface area contributed by atoms with Gasteiger partial charge in [0.05, 0.1) is 14.2 Å². The zero-order valence-corrected chi connectivity index (χ0v) is 10.8. The lowest BCUT2D eigenvalue weighted by Crippen LogP contribution is -2.43. The topological polar surface area (TPSA) is 47.6 Å². The van der Waals surface area contributed by atoms with Gasteiger partial charge >= 0.3 is 5.97 Å². The summed E-state index contributed by atoms with van der Waals surface area (Å²) in [5.74, 6) is 0.673. The molecular formula is C14H19NO3. The first-order valence-electron chi connectivity index (χ1n) is 6.22. The molecule has 4 nitrogen and oxygen atoms in total. The van der Waals surface area contributed by atoms with Gasteiger partial charge in [-0.3, -0.25) is 10.1 Å². The van der Waals surface area contributed by atoms with E-state index in [1.807, 2.05) is 24.3 Å². The number of benzene rings is 1. The molecule has 1 fully saturated rings. The summed E-state index contributed by atoms with van der Waals surface area (Å²) in [5.41, 5.74) is 1.18. The van der Waals surface area contributed by atoms with Crippen LogP contribution >= 0.6 is 0 Å². The molecule has 0 spiro atoms. The maximum atomic E-state index is 11.5. The Morgan fingerprint density at radius 3 is 2.56 bits per heavy atom. The van der Waals surface area contributed by atoms with Crippen LogP contribution in [0, 0.1) is 0 Å². The maximum Gasteiger partial charge on any atom is 0.322 e. The highest BCUT2D eigenvalue weighted by molar-refractivity contribution is 5.75. The number of nitrogens with one attached hydrogen (secondary N) is 1. The smallest absolute Gasteiger partial charge is 0.322 e. The number of carbonyl (C=O) groups is 1. The highest BCUT2D eigenvalue weighted by atomic mass is 16.5. The summed E-state index contributed by atoms with van der Waals surface area (Å²) in [6.07, 6.45) is 2.92. The van der Waals surface area contributed by atoms with Crippen LogP contribution in [0.1, 0.15) is 30.9 Å². The Labute approximate surface area is 107 Å². The zero-order chi connectivity index (χ0) is 13.0. The predicted molar refractivity (Wildman–Crippen MR) is 68.5 cm³/mol. The van der Waals surface area contributed by atoms with Crippen molar-refractivity contribution in [3.8, 4) is 5.75 Å². The fourth-order valence-electron chi connectivity index (χ4n) is 2.36. The molecular weight excluding hydrogens is 230 g/mol. The number of carbonyl (C=O) groups excluding carboxylic acids is 1. The Morgan fingerprint density at radius 1 is 1.22 bits per heavy atom. The second-order valence-electron chi connectivity index (χ2n) is 4.50. The second-order valence-corrected chi connectivity index (χ2v) is 4.50. The van der Waals surface area contributed by atoms with Crippen LogP contribution in [0.25, 0.3) is 0 Å². The molecule has 1 N–H and O–H groups in total. The SMILES string of the molecule is COC(=O)[C@@H]1CCC[C@H](c2ccc(OC)cc2)N1. The van der Waals surface area contributed by atoms with E-state index in [-0.39, 0.29) is 18.1 Å². The molecule has 1 aromatic rings. The Balaban J connectivity index is 2.05. The van der Waals surface area contributed by atoms with E-state index in [2.05, 4.69) is 5.32 Å². The standard InChI is InChI=1S/C14H19NO3/c1-17-11-8-6-10(7-9-11)12-4-3-5-13(15-12)14(16)18-2/h6-9,12-13,15H,3-5H2,1-2H3/t12-,13+/m1/s1. The third-order valence-electron chi connectivity index (χ3n) is 3.39. The van der Waals surface area contributed by atoms with Crippen molar-refractivity contribution in [2.45, 2.75) is 31.3 Å². The summed E-state index contributed by atoms with van der Waals surface area (Å²) < 4.78 is 9.93. The number of ether oxygens (including phenoxy) is 2. The molecule has 0 aromatic heterocycles. The average molecular weight is 249 g/mol. The maximum absolute atomic E-state index is 11.5. The van der Waals surface area contributed by atoms with Gasteiger partial charge in [0.25, 0.3) is 0 Å². The number of hydrogen-bond acceptors (Lipinski definition) is 4. The van der Waals surface area contributed by atoms with E-state index in [0.29, 0.717) is 0 Å². The van der Waals surface area contributed by atoms with Gasteiger partial charge < -0.3 is 9.47 Å². The highest BCUT2D eigenvalue weighted by Crippen LogP contribution is 2.27. The summed E-state index contributed by atoms with van der Waals surface area (Å²) >= 11 is 0. The molecule has 0 amide bonds. The number of piperidine rings is 1. The molecule has 0 radical (unpaired) electrons. The third-order valence-corrected chi connectivity index (χ3v) is 3.39. The van der Waals surface area contributed by atoms with E-state index < -0.39 is 0 Å². The van der Waals surface area contributed by atoms with Crippen molar-refractivity contribution in [1.29, 1.82) is 0 Å². The van der Waals surface area contributed by atoms with Gasteiger partial charge in [0.2, 0.25) is 0 Å².